The van der Waals surface area contributed by atoms with Crippen molar-refractivity contribution in [2.75, 3.05) is 46.0 Å². The van der Waals surface area contributed by atoms with E-state index in [2.05, 4.69) is 30.9 Å². The van der Waals surface area contributed by atoms with Gasteiger partial charge >= 0.3 is 0 Å². The lowest BCUT2D eigenvalue weighted by Crippen LogP contribution is -2.69. The van der Waals surface area contributed by atoms with E-state index in [-0.39, 0.29) is 69.0 Å². The third kappa shape index (κ3) is 10.1. The summed E-state index contributed by atoms with van der Waals surface area (Å²) in [6, 6.07) is 26.7. The minimum atomic E-state index is -1.45. The van der Waals surface area contributed by atoms with Crippen LogP contribution in [0.1, 0.15) is 72.3 Å². The highest BCUT2D eigenvalue weighted by atomic mass is 32.2. The monoisotopic (exact) mass is 919 g/mol. The summed E-state index contributed by atoms with van der Waals surface area (Å²) in [7, 11) is 1.75. The van der Waals surface area contributed by atoms with Crippen LogP contribution in [-0.4, -0.2) is 89.5 Å². The lowest BCUT2D eigenvalue weighted by Gasteiger charge is -2.59. The number of thioether (sulfide) groups is 1. The Morgan fingerprint density at radius 1 is 0.970 bits per heavy atom. The molecule has 15 heteroatoms. The summed E-state index contributed by atoms with van der Waals surface area (Å²) in [5.41, 5.74) is 3.53. The van der Waals surface area contributed by atoms with Crippen LogP contribution in [-0.2, 0) is 16.2 Å². The Morgan fingerprint density at radius 2 is 1.73 bits per heavy atom. The maximum Gasteiger partial charge on any atom is 0.269 e. The highest BCUT2D eigenvalue weighted by Gasteiger charge is 2.65. The van der Waals surface area contributed by atoms with Crippen molar-refractivity contribution in [3.8, 4) is 23.0 Å². The molecule has 4 aromatic carbocycles. The van der Waals surface area contributed by atoms with Crippen LogP contribution in [0.25, 0.3) is 0 Å². The number of oxime groups is 1. The quantitative estimate of drug-likeness (QED) is 0.0252. The molecule has 4 aliphatic rings. The van der Waals surface area contributed by atoms with E-state index in [1.807, 2.05) is 30.3 Å². The molecule has 66 heavy (non-hydrogen) atoms. The summed E-state index contributed by atoms with van der Waals surface area (Å²) in [5, 5.41) is 36.2. The summed E-state index contributed by atoms with van der Waals surface area (Å²) < 4.78 is 32.0. The molecule has 0 radical (unpaired) electrons. The van der Waals surface area contributed by atoms with Gasteiger partial charge in [-0.25, -0.2) is 0 Å². The summed E-state index contributed by atoms with van der Waals surface area (Å²) in [4.78, 5) is 34.7. The molecule has 348 valence electrons. The SMILES string of the molecule is C=CCO[C@@]12Oc3ccc(OCCSc4ccccc4)cc3[C@H]3[C@H](CCCCO)[C@@H](CCCCO)C=C(C(=NOCc4ccc([N+](=O)[O-])cc4)C[C@@H]1N(C)C(=O)c1ccc4c(c1)OCO4)[C@H]32. The molecule has 14 nitrogen and oxygen atoms in total. The van der Waals surface area contributed by atoms with Gasteiger partial charge in [0.25, 0.3) is 11.6 Å². The largest absolute Gasteiger partial charge is 0.493 e. The zero-order chi connectivity index (χ0) is 46.0. The van der Waals surface area contributed by atoms with Crippen LogP contribution in [0.2, 0.25) is 0 Å². The first-order valence-electron chi connectivity index (χ1n) is 22.7. The predicted octanol–water partition coefficient (Wildman–Crippen LogP) is 9.10. The summed E-state index contributed by atoms with van der Waals surface area (Å²) in [6.07, 6.45) is 8.59. The number of likely N-dealkylation sites (N-methyl/N-ethyl adjacent to an activating group) is 1. The Kier molecular flexibility index (Phi) is 15.3. The number of nitrogens with zero attached hydrogens (tertiary/aromatic N) is 3. The average Bonchev–Trinajstić information content (AvgIpc) is 3.82. The molecule has 2 aliphatic heterocycles. The van der Waals surface area contributed by atoms with Gasteiger partial charge in [-0.3, -0.25) is 14.9 Å². The number of carbonyl (C=O) groups is 1. The highest BCUT2D eigenvalue weighted by molar-refractivity contribution is 7.99. The van der Waals surface area contributed by atoms with E-state index < -0.39 is 22.7 Å². The maximum atomic E-state index is 14.8. The summed E-state index contributed by atoms with van der Waals surface area (Å²) in [6.45, 7) is 4.88. The molecule has 6 atom stereocenters. The number of amides is 1. The van der Waals surface area contributed by atoms with E-state index in [9.17, 15) is 25.1 Å². The van der Waals surface area contributed by atoms with Crippen molar-refractivity contribution >= 4 is 29.1 Å². The number of aliphatic hydroxyl groups is 2. The van der Waals surface area contributed by atoms with Crippen molar-refractivity contribution in [2.45, 2.75) is 74.2 Å². The molecule has 0 saturated heterocycles. The van der Waals surface area contributed by atoms with Gasteiger partial charge < -0.3 is 43.6 Å². The van der Waals surface area contributed by atoms with Gasteiger partial charge in [-0.2, -0.15) is 0 Å². The standard InChI is InChI=1S/C51H57N3O11S/c1-3-25-63-51-47(53(2)50(57)36-17-21-45-46(29-36)62-33-61-45)31-43(52-64-32-34-15-18-37(19-16-34)54(58)59)41-28-35(11-7-9-23-55)40(14-8-10-24-56)48(49(41)51)42-30-38(20-22-44(42)65-51)60-26-27-66-39-12-5-4-6-13-39/h3-6,12-13,15-22,28-30,35,40,47-49,55-56H,1,7-11,14,23-27,31-33H2,2H3/t35-,40+,47-,48+,49+,51+/m0/s1. The fourth-order valence-electron chi connectivity index (χ4n) is 9.93. The minimum Gasteiger partial charge on any atom is -0.493 e. The van der Waals surface area contributed by atoms with Gasteiger partial charge in [-0.15, -0.1) is 18.3 Å². The number of fused-ring (bicyclic) bond motifs is 3. The molecular formula is C51H57N3O11S. The lowest BCUT2D eigenvalue weighted by molar-refractivity contribution is -0.384. The van der Waals surface area contributed by atoms with Crippen molar-refractivity contribution in [2.24, 2.45) is 22.9 Å². The van der Waals surface area contributed by atoms with Gasteiger partial charge in [0, 0.05) is 66.5 Å². The number of hydrogen-bond donors (Lipinski definition) is 2. The number of nitro groups is 1. The van der Waals surface area contributed by atoms with Crippen molar-refractivity contribution in [1.82, 2.24) is 4.90 Å². The number of rotatable bonds is 22. The van der Waals surface area contributed by atoms with Crippen LogP contribution >= 0.6 is 11.8 Å². The summed E-state index contributed by atoms with van der Waals surface area (Å²) in [5.74, 6) is 0.670. The van der Waals surface area contributed by atoms with E-state index in [1.165, 1.54) is 17.0 Å². The van der Waals surface area contributed by atoms with Crippen LogP contribution < -0.4 is 18.9 Å². The molecule has 0 unspecified atom stereocenters. The number of unbranched alkanes of at least 4 members (excludes halogenated alkanes) is 2. The molecule has 0 bridgehead atoms. The van der Waals surface area contributed by atoms with Crippen LogP contribution in [0, 0.1) is 27.9 Å². The average molecular weight is 920 g/mol. The van der Waals surface area contributed by atoms with E-state index in [1.54, 1.807) is 60.1 Å². The van der Waals surface area contributed by atoms with Gasteiger partial charge in [0.15, 0.2) is 11.5 Å². The first-order chi connectivity index (χ1) is 32.2. The number of aliphatic hydroxyl groups excluding tert-OH is 2. The topological polar surface area (TPSA) is 172 Å². The van der Waals surface area contributed by atoms with E-state index in [0.717, 1.165) is 42.6 Å². The molecule has 1 amide bonds. The van der Waals surface area contributed by atoms with Crippen molar-refractivity contribution < 1.29 is 48.5 Å². The second kappa shape index (κ2) is 21.6. The Morgan fingerprint density at radius 3 is 2.48 bits per heavy atom. The molecule has 1 saturated carbocycles. The fourth-order valence-corrected chi connectivity index (χ4v) is 10.7. The Labute approximate surface area is 389 Å². The van der Waals surface area contributed by atoms with Crippen LogP contribution in [0.3, 0.4) is 0 Å². The normalized spacial score (nSPS) is 22.9. The molecule has 2 heterocycles. The molecule has 4 aromatic rings. The first-order valence-corrected chi connectivity index (χ1v) is 23.6. The zero-order valence-corrected chi connectivity index (χ0v) is 37.9. The Bertz CT molecular complexity index is 2400. The number of non-ortho nitro benzene ring substituents is 1. The number of hydrogen-bond acceptors (Lipinski definition) is 13. The van der Waals surface area contributed by atoms with Crippen molar-refractivity contribution in [3.05, 3.63) is 142 Å². The highest BCUT2D eigenvalue weighted by Crippen LogP contribution is 2.62. The van der Waals surface area contributed by atoms with Crippen LogP contribution in [0.15, 0.2) is 125 Å². The number of benzene rings is 4. The number of carbonyl (C=O) groups excluding carboxylic acids is 1. The maximum absolute atomic E-state index is 14.8. The van der Waals surface area contributed by atoms with Gasteiger partial charge in [-0.05, 0) is 109 Å². The van der Waals surface area contributed by atoms with Gasteiger partial charge in [0.2, 0.25) is 12.6 Å². The molecule has 1 fully saturated rings. The molecule has 2 N–H and O–H groups in total. The van der Waals surface area contributed by atoms with E-state index in [0.29, 0.717) is 59.3 Å². The number of nitro benzene ring substituents is 1. The Hall–Kier alpha value is -5.87. The third-order valence-corrected chi connectivity index (χ3v) is 13.9. The van der Waals surface area contributed by atoms with Crippen LogP contribution in [0.5, 0.6) is 23.0 Å². The van der Waals surface area contributed by atoms with Gasteiger partial charge in [0.1, 0.15) is 24.1 Å². The minimum absolute atomic E-state index is 0.0254. The third-order valence-electron chi connectivity index (χ3n) is 13.0. The van der Waals surface area contributed by atoms with Crippen molar-refractivity contribution in [3.63, 3.8) is 0 Å². The molecule has 0 spiro atoms. The predicted molar refractivity (Wildman–Crippen MR) is 250 cm³/mol. The molecule has 8 rings (SSSR count). The second-order valence-corrected chi connectivity index (χ2v) is 18.1. The van der Waals surface area contributed by atoms with Crippen LogP contribution in [0.4, 0.5) is 5.69 Å². The summed E-state index contributed by atoms with van der Waals surface area (Å²) >= 11 is 1.72. The second-order valence-electron chi connectivity index (χ2n) is 17.0. The van der Waals surface area contributed by atoms with Gasteiger partial charge in [-0.1, -0.05) is 48.3 Å². The Balaban J connectivity index is 1.24. The molecule has 2 aliphatic carbocycles. The van der Waals surface area contributed by atoms with Crippen molar-refractivity contribution in [1.29, 1.82) is 0 Å². The van der Waals surface area contributed by atoms with E-state index in [4.69, 9.17) is 33.7 Å². The molecular weight excluding hydrogens is 863 g/mol. The zero-order valence-electron chi connectivity index (χ0n) is 37.1. The smallest absolute Gasteiger partial charge is 0.269 e. The number of ether oxygens (including phenoxy) is 5. The first kappa shape index (κ1) is 46.7. The fraction of sp³-hybridized carbons (Fsp3) is 0.412. The lowest BCUT2D eigenvalue weighted by atomic mass is 9.55. The van der Waals surface area contributed by atoms with Gasteiger partial charge in [0.05, 0.1) is 29.8 Å². The van der Waals surface area contributed by atoms with E-state index >= 15 is 0 Å². The molecule has 0 aromatic heterocycles. The number of allylic oxidation sites excluding steroid dienone is 1.